The van der Waals surface area contributed by atoms with Crippen LogP contribution < -0.4 is 4.90 Å². The standard InChI is InChI=1S/C52H47NOS2/c1-55(2)47-20-12-9-16-40(47)42-28-24-36(32-49(42)55)39-30-31-45(51-44-18-8-11-19-46(44)54-52(39)51)53(37-25-22-35(23-26-37)34-14-6-5-7-15-34)38-27-29-43-41-17-10-13-21-48(41)56(3,4)50(43)33-38/h8-13,16-34H,5-7,14-15H2,1-4H3. The minimum absolute atomic E-state index is 0.657. The molecular weight excluding hydrogens is 719 g/mol. The SMILES string of the molecule is CS1(C)c2ccccc2-c2ccc(-c3ccc(N(c4ccc(C5CCCCC5)cc4)c4ccc5c(c4)S(C)(C)c4ccccc4-5)c4c3oc3ccccc34)cc21. The van der Waals surface area contributed by atoms with Crippen LogP contribution in [0.2, 0.25) is 0 Å². The zero-order valence-electron chi connectivity index (χ0n) is 32.6. The van der Waals surface area contributed by atoms with Gasteiger partial charge in [-0.3, -0.25) is 0 Å². The van der Waals surface area contributed by atoms with Crippen molar-refractivity contribution in [3.8, 4) is 33.4 Å². The van der Waals surface area contributed by atoms with E-state index >= 15 is 0 Å². The molecule has 7 aromatic carbocycles. The first-order valence-corrected chi connectivity index (χ1v) is 25.0. The van der Waals surface area contributed by atoms with Gasteiger partial charge in [-0.25, -0.2) is 0 Å². The molecule has 0 radical (unpaired) electrons. The van der Waals surface area contributed by atoms with Gasteiger partial charge >= 0.3 is 0 Å². The van der Waals surface area contributed by atoms with Gasteiger partial charge in [-0.05, 0) is 138 Å². The van der Waals surface area contributed by atoms with Gasteiger partial charge in [0.1, 0.15) is 11.2 Å². The number of hydrogen-bond acceptors (Lipinski definition) is 2. The lowest BCUT2D eigenvalue weighted by Crippen LogP contribution is -2.12. The van der Waals surface area contributed by atoms with E-state index in [9.17, 15) is 0 Å². The maximum absolute atomic E-state index is 6.97. The molecule has 3 heterocycles. The maximum atomic E-state index is 6.97. The first-order valence-electron chi connectivity index (χ1n) is 20.1. The van der Waals surface area contributed by atoms with E-state index in [-0.39, 0.29) is 0 Å². The third kappa shape index (κ3) is 5.05. The summed E-state index contributed by atoms with van der Waals surface area (Å²) in [5.74, 6) is 0.657. The van der Waals surface area contributed by atoms with E-state index in [1.807, 2.05) is 0 Å². The Balaban J connectivity index is 1.12. The van der Waals surface area contributed by atoms with Crippen LogP contribution >= 0.6 is 20.1 Å². The third-order valence-electron chi connectivity index (χ3n) is 13.0. The van der Waals surface area contributed by atoms with E-state index in [4.69, 9.17) is 4.42 Å². The lowest BCUT2D eigenvalue weighted by Gasteiger charge is -2.31. The summed E-state index contributed by atoms with van der Waals surface area (Å²) in [5.41, 5.74) is 14.7. The summed E-state index contributed by atoms with van der Waals surface area (Å²) < 4.78 is 6.97. The molecule has 1 aromatic heterocycles. The summed E-state index contributed by atoms with van der Waals surface area (Å²) in [6.45, 7) is 0. The summed E-state index contributed by atoms with van der Waals surface area (Å²) in [4.78, 5) is 8.36. The number of hydrogen-bond donors (Lipinski definition) is 0. The minimum Gasteiger partial charge on any atom is -0.455 e. The smallest absolute Gasteiger partial charge is 0.145 e. The molecule has 0 N–H and O–H groups in total. The Morgan fingerprint density at radius 2 is 1.07 bits per heavy atom. The van der Waals surface area contributed by atoms with Crippen molar-refractivity contribution in [3.05, 3.63) is 151 Å². The highest BCUT2D eigenvalue weighted by atomic mass is 32.3. The first-order chi connectivity index (χ1) is 27.3. The molecule has 11 rings (SSSR count). The molecule has 1 aliphatic carbocycles. The van der Waals surface area contributed by atoms with Crippen molar-refractivity contribution in [2.45, 2.75) is 57.6 Å². The number of fused-ring (bicyclic) bond motifs is 9. The third-order valence-corrected chi connectivity index (χ3v) is 18.8. The predicted octanol–water partition coefficient (Wildman–Crippen LogP) is 15.7. The summed E-state index contributed by atoms with van der Waals surface area (Å²) in [6.07, 6.45) is 16.4. The maximum Gasteiger partial charge on any atom is 0.145 e. The fourth-order valence-electron chi connectivity index (χ4n) is 10.1. The highest BCUT2D eigenvalue weighted by Gasteiger charge is 2.34. The van der Waals surface area contributed by atoms with E-state index in [2.05, 4.69) is 176 Å². The molecule has 3 aliphatic rings. The summed E-state index contributed by atoms with van der Waals surface area (Å²) in [6, 6.07) is 55.1. The quantitative estimate of drug-likeness (QED) is 0.173. The van der Waals surface area contributed by atoms with Gasteiger partial charge in [-0.15, -0.1) is 0 Å². The molecule has 0 amide bonds. The average Bonchev–Trinajstić information content (AvgIpc) is 3.82. The Labute approximate surface area is 333 Å². The molecule has 0 saturated heterocycles. The Hall–Kier alpha value is -5.16. The largest absolute Gasteiger partial charge is 0.455 e. The van der Waals surface area contributed by atoms with Crippen molar-refractivity contribution in [2.24, 2.45) is 0 Å². The normalized spacial score (nSPS) is 17.6. The van der Waals surface area contributed by atoms with Crippen LogP contribution in [0.3, 0.4) is 0 Å². The molecule has 0 spiro atoms. The molecule has 4 heteroatoms. The summed E-state index contributed by atoms with van der Waals surface area (Å²) in [5, 5.41) is 2.29. The van der Waals surface area contributed by atoms with Gasteiger partial charge < -0.3 is 9.32 Å². The number of benzene rings is 7. The van der Waals surface area contributed by atoms with Crippen molar-refractivity contribution < 1.29 is 4.42 Å². The van der Waals surface area contributed by atoms with Gasteiger partial charge in [-0.1, -0.05) is 104 Å². The molecule has 2 aliphatic heterocycles. The second-order valence-electron chi connectivity index (χ2n) is 16.7. The second kappa shape index (κ2) is 12.7. The van der Waals surface area contributed by atoms with Gasteiger partial charge in [-0.2, -0.15) is 20.1 Å². The molecule has 1 fully saturated rings. The number of anilines is 3. The van der Waals surface area contributed by atoms with Crippen LogP contribution in [-0.2, 0) is 0 Å². The summed E-state index contributed by atoms with van der Waals surface area (Å²) in [7, 11) is -2.34. The van der Waals surface area contributed by atoms with Crippen LogP contribution in [0.5, 0.6) is 0 Å². The zero-order chi connectivity index (χ0) is 37.8. The Morgan fingerprint density at radius 3 is 1.79 bits per heavy atom. The van der Waals surface area contributed by atoms with Gasteiger partial charge in [0, 0.05) is 41.9 Å². The fourth-order valence-corrected chi connectivity index (χ4v) is 15.2. The molecule has 1 saturated carbocycles. The monoisotopic (exact) mass is 765 g/mol. The Kier molecular flexibility index (Phi) is 7.72. The molecule has 0 atom stereocenters. The molecule has 56 heavy (non-hydrogen) atoms. The topological polar surface area (TPSA) is 16.4 Å². The minimum atomic E-state index is -1.19. The van der Waals surface area contributed by atoms with Crippen LogP contribution in [0, 0.1) is 0 Å². The van der Waals surface area contributed by atoms with Crippen LogP contribution in [0.1, 0.15) is 43.6 Å². The van der Waals surface area contributed by atoms with Gasteiger partial charge in [0.15, 0.2) is 0 Å². The van der Waals surface area contributed by atoms with Gasteiger partial charge in [0.25, 0.3) is 0 Å². The van der Waals surface area contributed by atoms with E-state index in [1.165, 1.54) is 96.4 Å². The van der Waals surface area contributed by atoms with Crippen LogP contribution in [-0.4, -0.2) is 25.0 Å². The number of para-hydroxylation sites is 1. The van der Waals surface area contributed by atoms with E-state index in [1.54, 1.807) is 0 Å². The molecule has 278 valence electrons. The highest BCUT2D eigenvalue weighted by Crippen LogP contribution is 2.69. The number of furan rings is 1. The molecule has 0 bridgehead atoms. The van der Waals surface area contributed by atoms with Crippen LogP contribution in [0.4, 0.5) is 17.1 Å². The van der Waals surface area contributed by atoms with Crippen molar-refractivity contribution >= 4 is 59.1 Å². The molecule has 8 aromatic rings. The highest BCUT2D eigenvalue weighted by molar-refractivity contribution is 8.33. The average molecular weight is 766 g/mol. The van der Waals surface area contributed by atoms with E-state index < -0.39 is 20.1 Å². The lowest BCUT2D eigenvalue weighted by atomic mass is 9.84. The van der Waals surface area contributed by atoms with Crippen molar-refractivity contribution in [3.63, 3.8) is 0 Å². The first kappa shape index (κ1) is 34.1. The van der Waals surface area contributed by atoms with Crippen molar-refractivity contribution in [2.75, 3.05) is 29.9 Å². The van der Waals surface area contributed by atoms with Crippen molar-refractivity contribution in [1.29, 1.82) is 0 Å². The zero-order valence-corrected chi connectivity index (χ0v) is 34.3. The number of nitrogens with zero attached hydrogens (tertiary/aromatic N) is 1. The lowest BCUT2D eigenvalue weighted by molar-refractivity contribution is 0.443. The second-order valence-corrected chi connectivity index (χ2v) is 23.8. The van der Waals surface area contributed by atoms with E-state index in [0.717, 1.165) is 33.2 Å². The fraction of sp³-hybridized carbons (Fsp3) is 0.192. The van der Waals surface area contributed by atoms with Gasteiger partial charge in [0.2, 0.25) is 0 Å². The predicted molar refractivity (Wildman–Crippen MR) is 242 cm³/mol. The Morgan fingerprint density at radius 1 is 0.500 bits per heavy atom. The van der Waals surface area contributed by atoms with Gasteiger partial charge in [0.05, 0.1) is 11.1 Å². The van der Waals surface area contributed by atoms with Crippen LogP contribution in [0.15, 0.2) is 170 Å². The molecule has 2 nitrogen and oxygen atoms in total. The Bertz CT molecular complexity index is 2860. The van der Waals surface area contributed by atoms with Crippen LogP contribution in [0.25, 0.3) is 55.3 Å². The molecular formula is C52H47NOS2. The molecule has 0 unspecified atom stereocenters. The number of rotatable bonds is 5. The van der Waals surface area contributed by atoms with E-state index in [0.29, 0.717) is 5.92 Å². The van der Waals surface area contributed by atoms with Crippen molar-refractivity contribution in [1.82, 2.24) is 0 Å². The summed E-state index contributed by atoms with van der Waals surface area (Å²) >= 11 is 0.